The molecule has 10 nitrogen and oxygen atoms in total. The van der Waals surface area contributed by atoms with E-state index in [1.54, 1.807) is 61.5 Å². The van der Waals surface area contributed by atoms with Crippen molar-refractivity contribution in [3.63, 3.8) is 0 Å². The van der Waals surface area contributed by atoms with Crippen LogP contribution in [-0.4, -0.2) is 48.1 Å². The molecular weight excluding hydrogens is 500 g/mol. The zero-order valence-electron chi connectivity index (χ0n) is 20.1. The van der Waals surface area contributed by atoms with Crippen LogP contribution in [0.5, 0.6) is 11.5 Å². The number of hydrogen-bond donors (Lipinski definition) is 1. The van der Waals surface area contributed by atoms with Crippen molar-refractivity contribution in [1.82, 2.24) is 10.2 Å². The molecule has 0 bridgehead atoms. The number of carboxylic acid groups (broad SMARTS) is 1. The van der Waals surface area contributed by atoms with Crippen LogP contribution >= 0.6 is 11.8 Å². The van der Waals surface area contributed by atoms with E-state index >= 15 is 0 Å². The number of methoxy groups -OCH3 is 2. The first-order valence-electron chi connectivity index (χ1n) is 11.0. The quantitative estimate of drug-likeness (QED) is 0.163. The van der Waals surface area contributed by atoms with E-state index in [1.807, 2.05) is 0 Å². The summed E-state index contributed by atoms with van der Waals surface area (Å²) in [5.74, 6) is 0.472. The minimum Gasteiger partial charge on any atom is -0.497 e. The van der Waals surface area contributed by atoms with Crippen LogP contribution in [0.3, 0.4) is 0 Å². The third-order valence-corrected chi connectivity index (χ3v) is 5.85. The Labute approximate surface area is 215 Å². The molecule has 37 heavy (non-hydrogen) atoms. The second kappa shape index (κ2) is 11.5. The zero-order chi connectivity index (χ0) is 26.4. The van der Waals surface area contributed by atoms with Crippen molar-refractivity contribution in [1.29, 1.82) is 0 Å². The second-order valence-electron chi connectivity index (χ2n) is 7.39. The normalized spacial score (nSPS) is 11.3. The fourth-order valence-corrected chi connectivity index (χ4v) is 3.88. The van der Waals surface area contributed by atoms with E-state index in [-0.39, 0.29) is 16.0 Å². The molecule has 2 heterocycles. The maximum Gasteiger partial charge on any atom is 0.342 e. The van der Waals surface area contributed by atoms with Crippen LogP contribution in [0.2, 0.25) is 0 Å². The topological polar surface area (TPSA) is 134 Å². The van der Waals surface area contributed by atoms with Crippen molar-refractivity contribution in [2.45, 2.75) is 12.1 Å². The highest BCUT2D eigenvalue weighted by Gasteiger charge is 2.18. The van der Waals surface area contributed by atoms with Gasteiger partial charge in [0, 0.05) is 23.3 Å². The Morgan fingerprint density at radius 2 is 1.65 bits per heavy atom. The first-order valence-corrected chi connectivity index (χ1v) is 11.8. The van der Waals surface area contributed by atoms with Gasteiger partial charge in [0.25, 0.3) is 5.22 Å². The van der Waals surface area contributed by atoms with Gasteiger partial charge in [-0.15, -0.1) is 10.2 Å². The Morgan fingerprint density at radius 1 is 0.946 bits per heavy atom. The highest BCUT2D eigenvalue weighted by Crippen LogP contribution is 2.33. The molecule has 4 aromatic rings. The second-order valence-corrected chi connectivity index (χ2v) is 8.38. The first-order chi connectivity index (χ1) is 17.9. The number of furan rings is 1. The number of esters is 1. The monoisotopic (exact) mass is 522 g/mol. The average molecular weight is 523 g/mol. The van der Waals surface area contributed by atoms with Gasteiger partial charge in [-0.3, -0.25) is 0 Å². The van der Waals surface area contributed by atoms with Crippen LogP contribution in [0.1, 0.15) is 23.0 Å². The summed E-state index contributed by atoms with van der Waals surface area (Å²) in [4.78, 5) is 23.6. The summed E-state index contributed by atoms with van der Waals surface area (Å²) < 4.78 is 27.0. The Balaban J connectivity index is 1.52. The number of thioether (sulfide) groups is 1. The van der Waals surface area contributed by atoms with E-state index < -0.39 is 11.9 Å². The van der Waals surface area contributed by atoms with E-state index in [2.05, 4.69) is 10.2 Å². The number of aliphatic carboxylic acids is 1. The Bertz CT molecular complexity index is 1420. The maximum absolute atomic E-state index is 11.9. The van der Waals surface area contributed by atoms with Gasteiger partial charge in [-0.1, -0.05) is 12.1 Å². The molecule has 1 N–H and O–H groups in total. The Kier molecular flexibility index (Phi) is 7.94. The summed E-state index contributed by atoms with van der Waals surface area (Å²) in [5.41, 5.74) is 1.70. The number of nitrogens with zero attached hydrogens (tertiary/aromatic N) is 2. The lowest BCUT2D eigenvalue weighted by Crippen LogP contribution is -2.03. The molecule has 0 aliphatic rings. The predicted octanol–water partition coefficient (Wildman–Crippen LogP) is 5.41. The molecule has 11 heteroatoms. The summed E-state index contributed by atoms with van der Waals surface area (Å²) in [6.45, 7) is 2.03. The van der Waals surface area contributed by atoms with Crippen LogP contribution in [0, 0.1) is 0 Å². The summed E-state index contributed by atoms with van der Waals surface area (Å²) in [6.07, 6.45) is 1.36. The van der Waals surface area contributed by atoms with Crippen molar-refractivity contribution in [3.05, 3.63) is 70.8 Å². The van der Waals surface area contributed by atoms with Crippen molar-refractivity contribution < 1.29 is 37.7 Å². The average Bonchev–Trinajstić information content (AvgIpc) is 3.58. The summed E-state index contributed by atoms with van der Waals surface area (Å²) in [7, 11) is 3.05. The van der Waals surface area contributed by atoms with Crippen molar-refractivity contribution in [2.75, 3.05) is 20.8 Å². The molecule has 0 radical (unpaired) electrons. The minimum absolute atomic E-state index is 0.0340. The van der Waals surface area contributed by atoms with Crippen LogP contribution in [0.4, 0.5) is 0 Å². The third-order valence-electron chi connectivity index (χ3n) is 4.99. The van der Waals surface area contributed by atoms with Gasteiger partial charge in [0.15, 0.2) is 0 Å². The predicted molar refractivity (Wildman–Crippen MR) is 134 cm³/mol. The van der Waals surface area contributed by atoms with E-state index in [0.29, 0.717) is 46.3 Å². The zero-order valence-corrected chi connectivity index (χ0v) is 20.9. The molecule has 190 valence electrons. The molecule has 0 unspecified atom stereocenters. The molecule has 0 aliphatic heterocycles. The molecule has 0 atom stereocenters. The number of hydrogen-bond acceptors (Lipinski definition) is 10. The van der Waals surface area contributed by atoms with Gasteiger partial charge in [0.2, 0.25) is 5.89 Å². The molecule has 0 spiro atoms. The summed E-state index contributed by atoms with van der Waals surface area (Å²) in [6, 6.07) is 15.1. The number of ether oxygens (including phenoxy) is 3. The Hall–Kier alpha value is -4.51. The molecule has 2 aromatic carbocycles. The number of aromatic nitrogens is 2. The molecule has 0 amide bonds. The number of benzene rings is 2. The Morgan fingerprint density at radius 3 is 2.27 bits per heavy atom. The highest BCUT2D eigenvalue weighted by molar-refractivity contribution is 8.03. The minimum atomic E-state index is -1.19. The number of carbonyl (C=O) groups excluding carboxylic acids is 1. The van der Waals surface area contributed by atoms with Gasteiger partial charge in [-0.05, 0) is 55.1 Å². The molecule has 0 saturated carbocycles. The van der Waals surface area contributed by atoms with Gasteiger partial charge < -0.3 is 28.2 Å². The SMILES string of the molecule is CCOC(=O)c1ccc(-c2ccc(/C=C(\Sc3nnc(-c4cc(OC)cc(OC)c4)o3)C(=O)O)o2)cc1. The fraction of sp³-hybridized carbons (Fsp3) is 0.154. The molecule has 4 rings (SSSR count). The molecule has 0 saturated heterocycles. The molecule has 0 fully saturated rings. The van der Waals surface area contributed by atoms with Gasteiger partial charge >= 0.3 is 11.9 Å². The van der Waals surface area contributed by atoms with E-state index in [0.717, 1.165) is 11.8 Å². The van der Waals surface area contributed by atoms with E-state index in [1.165, 1.54) is 20.3 Å². The standard InChI is InChI=1S/C26H22N2O8S/c1-4-34-25(31)16-7-5-15(6-8-16)21-10-9-18(35-21)14-22(24(29)30)37-26-28-27-23(36-26)17-11-19(32-2)13-20(12-17)33-3/h5-14H,4H2,1-3H3,(H,29,30)/b22-14-. The first kappa shape index (κ1) is 25.6. The molecular formula is C26H22N2O8S. The number of rotatable bonds is 10. The van der Waals surface area contributed by atoms with E-state index in [4.69, 9.17) is 23.0 Å². The third kappa shape index (κ3) is 6.19. The molecule has 0 aliphatic carbocycles. The van der Waals surface area contributed by atoms with Crippen molar-refractivity contribution in [2.24, 2.45) is 0 Å². The van der Waals surface area contributed by atoms with Crippen molar-refractivity contribution >= 4 is 29.8 Å². The maximum atomic E-state index is 11.9. The molecule has 2 aromatic heterocycles. The lowest BCUT2D eigenvalue weighted by molar-refractivity contribution is -0.131. The summed E-state index contributed by atoms with van der Waals surface area (Å²) in [5, 5.41) is 17.7. The van der Waals surface area contributed by atoms with Crippen LogP contribution in [-0.2, 0) is 9.53 Å². The van der Waals surface area contributed by atoms with Gasteiger partial charge in [0.05, 0.1) is 26.4 Å². The number of carbonyl (C=O) groups is 2. The van der Waals surface area contributed by atoms with Gasteiger partial charge in [-0.2, -0.15) is 0 Å². The lowest BCUT2D eigenvalue weighted by Gasteiger charge is -2.05. The van der Waals surface area contributed by atoms with E-state index in [9.17, 15) is 14.7 Å². The highest BCUT2D eigenvalue weighted by atomic mass is 32.2. The summed E-state index contributed by atoms with van der Waals surface area (Å²) >= 11 is 0.789. The lowest BCUT2D eigenvalue weighted by atomic mass is 10.1. The van der Waals surface area contributed by atoms with Crippen LogP contribution in [0.25, 0.3) is 28.9 Å². The van der Waals surface area contributed by atoms with Crippen molar-refractivity contribution in [3.8, 4) is 34.3 Å². The number of carboxylic acids is 1. The fourth-order valence-electron chi connectivity index (χ4n) is 3.23. The smallest absolute Gasteiger partial charge is 0.342 e. The van der Waals surface area contributed by atoms with Crippen LogP contribution in [0.15, 0.2) is 73.6 Å². The largest absolute Gasteiger partial charge is 0.497 e. The van der Waals surface area contributed by atoms with Gasteiger partial charge in [-0.25, -0.2) is 9.59 Å². The van der Waals surface area contributed by atoms with Gasteiger partial charge in [0.1, 0.15) is 27.9 Å². The van der Waals surface area contributed by atoms with Crippen LogP contribution < -0.4 is 9.47 Å².